The molecule has 0 radical (unpaired) electrons. The molecule has 2 atom stereocenters. The highest BCUT2D eigenvalue weighted by Gasteiger charge is 2.44. The quantitative estimate of drug-likeness (QED) is 0.117. The monoisotopic (exact) mass is 519 g/mol. The Balaban J connectivity index is 1.63. The summed E-state index contributed by atoms with van der Waals surface area (Å²) in [5.74, 6) is 1.97. The fourth-order valence-corrected chi connectivity index (χ4v) is 7.39. The van der Waals surface area contributed by atoms with Gasteiger partial charge in [-0.2, -0.15) is 0 Å². The first-order valence-electron chi connectivity index (χ1n) is 17.6. The Bertz CT molecular complexity index is 501. The van der Waals surface area contributed by atoms with Crippen molar-refractivity contribution in [3.8, 4) is 0 Å². The Kier molecular flexibility index (Phi) is 18.6. The first kappa shape index (κ1) is 33.1. The number of likely N-dealkylation sites (tertiary alicyclic amines) is 2. The van der Waals surface area contributed by atoms with Gasteiger partial charge >= 0.3 is 0 Å². The van der Waals surface area contributed by atoms with Gasteiger partial charge in [-0.1, -0.05) is 130 Å². The summed E-state index contributed by atoms with van der Waals surface area (Å²) in [5.41, 5.74) is 0.690. The zero-order chi connectivity index (χ0) is 26.6. The van der Waals surface area contributed by atoms with Gasteiger partial charge in [0.05, 0.1) is 0 Å². The molecular weight excluding hydrogens is 448 g/mol. The van der Waals surface area contributed by atoms with E-state index in [9.17, 15) is 0 Å². The average Bonchev–Trinajstić information content (AvgIpc) is 2.89. The number of unbranched alkanes of at least 4 members (excludes halogenated alkanes) is 10. The maximum atomic E-state index is 2.87. The van der Waals surface area contributed by atoms with E-state index >= 15 is 0 Å². The molecule has 0 bridgehead atoms. The molecule has 0 aromatic carbocycles. The predicted octanol–water partition coefficient (Wildman–Crippen LogP) is 10.5. The van der Waals surface area contributed by atoms with Gasteiger partial charge in [-0.15, -0.1) is 0 Å². The molecule has 0 aromatic rings. The van der Waals surface area contributed by atoms with Crippen molar-refractivity contribution in [3.05, 3.63) is 0 Å². The van der Waals surface area contributed by atoms with Crippen LogP contribution >= 0.6 is 0 Å². The maximum Gasteiger partial charge on any atom is 0.00514 e. The summed E-state index contributed by atoms with van der Waals surface area (Å²) in [4.78, 5) is 5.69. The van der Waals surface area contributed by atoms with Crippen LogP contribution in [0, 0.1) is 17.3 Å². The lowest BCUT2D eigenvalue weighted by Crippen LogP contribution is -2.60. The molecule has 220 valence electrons. The van der Waals surface area contributed by atoms with E-state index in [-0.39, 0.29) is 0 Å². The van der Waals surface area contributed by atoms with Gasteiger partial charge in [0.15, 0.2) is 0 Å². The van der Waals surface area contributed by atoms with Crippen LogP contribution in [0.1, 0.15) is 169 Å². The van der Waals surface area contributed by atoms with Crippen molar-refractivity contribution in [2.45, 2.75) is 169 Å². The summed E-state index contributed by atoms with van der Waals surface area (Å²) in [6.07, 6.45) is 31.8. The van der Waals surface area contributed by atoms with Crippen LogP contribution in [-0.2, 0) is 0 Å². The van der Waals surface area contributed by atoms with Gasteiger partial charge in [0, 0.05) is 19.6 Å². The SMILES string of the molecule is CCCCCCCC(CCCCCC)CN1CCC2(CC1)CN(CCCC(CCCC)CCCCC)C2. The molecule has 0 aromatic heterocycles. The van der Waals surface area contributed by atoms with Crippen LogP contribution in [-0.4, -0.2) is 49.1 Å². The molecule has 37 heavy (non-hydrogen) atoms. The van der Waals surface area contributed by atoms with Gasteiger partial charge in [0.2, 0.25) is 0 Å². The molecule has 0 aliphatic carbocycles. The lowest BCUT2D eigenvalue weighted by Gasteiger charge is -2.54. The van der Waals surface area contributed by atoms with Crippen LogP contribution in [0.25, 0.3) is 0 Å². The third kappa shape index (κ3) is 14.2. The smallest absolute Gasteiger partial charge is 0.00514 e. The van der Waals surface area contributed by atoms with E-state index in [4.69, 9.17) is 0 Å². The first-order chi connectivity index (χ1) is 18.1. The topological polar surface area (TPSA) is 6.48 Å². The minimum Gasteiger partial charge on any atom is -0.303 e. The Morgan fingerprint density at radius 1 is 0.486 bits per heavy atom. The van der Waals surface area contributed by atoms with E-state index in [1.807, 2.05) is 0 Å². The standard InChI is InChI=1S/C35H70N2/c1-5-9-13-15-18-23-34(22-17-14-10-6-2)30-36-28-25-35(26-29-36)31-37(32-35)27-19-24-33(20-12-8-4)21-16-11-7-3/h33-34H,5-32H2,1-4H3. The summed E-state index contributed by atoms with van der Waals surface area (Å²) in [7, 11) is 0. The largest absolute Gasteiger partial charge is 0.303 e. The van der Waals surface area contributed by atoms with Crippen molar-refractivity contribution in [3.63, 3.8) is 0 Å². The van der Waals surface area contributed by atoms with E-state index in [2.05, 4.69) is 37.5 Å². The molecule has 2 unspecified atom stereocenters. The second kappa shape index (κ2) is 20.8. The average molecular weight is 519 g/mol. The van der Waals surface area contributed by atoms with Crippen LogP contribution in [0.4, 0.5) is 0 Å². The highest BCUT2D eigenvalue weighted by atomic mass is 15.2. The molecule has 2 nitrogen and oxygen atoms in total. The number of piperidine rings is 1. The third-order valence-electron chi connectivity index (χ3n) is 10.0. The molecule has 0 N–H and O–H groups in total. The third-order valence-corrected chi connectivity index (χ3v) is 10.0. The highest BCUT2D eigenvalue weighted by molar-refractivity contribution is 4.98. The van der Waals surface area contributed by atoms with Gasteiger partial charge in [-0.05, 0) is 75.4 Å². The number of hydrogen-bond donors (Lipinski definition) is 0. The van der Waals surface area contributed by atoms with E-state index in [1.54, 1.807) is 0 Å². The van der Waals surface area contributed by atoms with Crippen LogP contribution in [0.2, 0.25) is 0 Å². The summed E-state index contributed by atoms with van der Waals surface area (Å²) in [6.45, 7) is 17.7. The van der Waals surface area contributed by atoms with E-state index < -0.39 is 0 Å². The molecular formula is C35H70N2. The Morgan fingerprint density at radius 2 is 0.946 bits per heavy atom. The highest BCUT2D eigenvalue weighted by Crippen LogP contribution is 2.41. The minimum atomic E-state index is 0.690. The second-order valence-electron chi connectivity index (χ2n) is 13.6. The van der Waals surface area contributed by atoms with E-state index in [0.717, 1.165) is 11.8 Å². The van der Waals surface area contributed by atoms with Crippen molar-refractivity contribution in [1.82, 2.24) is 9.80 Å². The van der Waals surface area contributed by atoms with Crippen LogP contribution in [0.5, 0.6) is 0 Å². The zero-order valence-electron chi connectivity index (χ0n) is 26.3. The molecule has 2 aliphatic heterocycles. The number of rotatable bonds is 24. The van der Waals surface area contributed by atoms with Crippen LogP contribution < -0.4 is 0 Å². The van der Waals surface area contributed by atoms with Crippen molar-refractivity contribution in [2.75, 3.05) is 39.3 Å². The Hall–Kier alpha value is -0.0800. The summed E-state index contributed by atoms with van der Waals surface area (Å²) >= 11 is 0. The van der Waals surface area contributed by atoms with Crippen LogP contribution in [0.3, 0.4) is 0 Å². The van der Waals surface area contributed by atoms with E-state index in [1.165, 1.54) is 181 Å². The Labute approximate surface area is 235 Å². The normalized spacial score (nSPS) is 19.8. The lowest BCUT2D eigenvalue weighted by molar-refractivity contribution is -0.0496. The molecule has 1 spiro atoms. The second-order valence-corrected chi connectivity index (χ2v) is 13.6. The van der Waals surface area contributed by atoms with Gasteiger partial charge in [-0.3, -0.25) is 0 Å². The van der Waals surface area contributed by atoms with Gasteiger partial charge < -0.3 is 9.80 Å². The van der Waals surface area contributed by atoms with Crippen molar-refractivity contribution in [2.24, 2.45) is 17.3 Å². The summed E-state index contributed by atoms with van der Waals surface area (Å²) in [5, 5.41) is 0. The number of nitrogens with zero attached hydrogens (tertiary/aromatic N) is 2. The fraction of sp³-hybridized carbons (Fsp3) is 1.00. The minimum absolute atomic E-state index is 0.690. The van der Waals surface area contributed by atoms with Crippen LogP contribution in [0.15, 0.2) is 0 Å². The van der Waals surface area contributed by atoms with Crippen molar-refractivity contribution < 1.29 is 0 Å². The van der Waals surface area contributed by atoms with Gasteiger partial charge in [0.1, 0.15) is 0 Å². The molecule has 2 rings (SSSR count). The Morgan fingerprint density at radius 3 is 1.57 bits per heavy atom. The molecule has 2 fully saturated rings. The molecule has 2 saturated heterocycles. The van der Waals surface area contributed by atoms with Gasteiger partial charge in [0.25, 0.3) is 0 Å². The van der Waals surface area contributed by atoms with Crippen molar-refractivity contribution >= 4 is 0 Å². The lowest BCUT2D eigenvalue weighted by atomic mass is 9.71. The van der Waals surface area contributed by atoms with Crippen molar-refractivity contribution in [1.29, 1.82) is 0 Å². The fourth-order valence-electron chi connectivity index (χ4n) is 7.39. The summed E-state index contributed by atoms with van der Waals surface area (Å²) in [6, 6.07) is 0. The first-order valence-corrected chi connectivity index (χ1v) is 17.6. The molecule has 2 heteroatoms. The zero-order valence-corrected chi connectivity index (χ0v) is 26.3. The summed E-state index contributed by atoms with van der Waals surface area (Å²) < 4.78 is 0. The molecule has 2 aliphatic rings. The van der Waals surface area contributed by atoms with E-state index in [0.29, 0.717) is 5.41 Å². The number of hydrogen-bond acceptors (Lipinski definition) is 2. The predicted molar refractivity (Wildman–Crippen MR) is 167 cm³/mol. The molecule has 2 heterocycles. The molecule has 0 saturated carbocycles. The molecule has 0 amide bonds. The maximum absolute atomic E-state index is 2.87. The van der Waals surface area contributed by atoms with Gasteiger partial charge in [-0.25, -0.2) is 0 Å².